The summed E-state index contributed by atoms with van der Waals surface area (Å²) >= 11 is 7.64. The zero-order valence-corrected chi connectivity index (χ0v) is 20.8. The van der Waals surface area contributed by atoms with Crippen molar-refractivity contribution in [2.24, 2.45) is 10.9 Å². The van der Waals surface area contributed by atoms with Crippen LogP contribution in [-0.2, 0) is 14.8 Å². The quantitative estimate of drug-likeness (QED) is 0.402. The SMILES string of the molecule is O=C(O)C1=C(C2CCC(NS(=O)(=O)CCO)CC2)NC(c2nccs2)=NC1c1ccc(F)cc1Cl. The number of aliphatic imine (C=N–C) groups is 1. The van der Waals surface area contributed by atoms with E-state index in [4.69, 9.17) is 16.7 Å². The lowest BCUT2D eigenvalue weighted by atomic mass is 9.80. The molecule has 0 spiro atoms. The predicted octanol–water partition coefficient (Wildman–Crippen LogP) is 2.84. The van der Waals surface area contributed by atoms with Gasteiger partial charge in [0.2, 0.25) is 10.0 Å². The second kappa shape index (κ2) is 10.7. The van der Waals surface area contributed by atoms with Gasteiger partial charge in [-0.05, 0) is 43.7 Å². The van der Waals surface area contributed by atoms with Crippen LogP contribution in [-0.4, -0.2) is 53.8 Å². The summed E-state index contributed by atoms with van der Waals surface area (Å²) < 4.78 is 40.4. The number of carbonyl (C=O) groups is 1. The van der Waals surface area contributed by atoms with Gasteiger partial charge in [-0.2, -0.15) is 0 Å². The average molecular weight is 543 g/mol. The molecule has 0 amide bonds. The lowest BCUT2D eigenvalue weighted by Gasteiger charge is -2.35. The molecule has 1 aromatic heterocycles. The Labute approximate surface area is 210 Å². The first-order valence-electron chi connectivity index (χ1n) is 11.0. The summed E-state index contributed by atoms with van der Waals surface area (Å²) in [5, 5.41) is 24.7. The number of nitrogens with zero attached hydrogens (tertiary/aromatic N) is 2. The van der Waals surface area contributed by atoms with Crippen molar-refractivity contribution < 1.29 is 27.8 Å². The van der Waals surface area contributed by atoms with E-state index in [2.05, 4.69) is 20.0 Å². The molecular formula is C22H24ClFN4O5S2. The van der Waals surface area contributed by atoms with Gasteiger partial charge in [-0.3, -0.25) is 4.99 Å². The number of halogens is 2. The first kappa shape index (κ1) is 25.7. The highest BCUT2D eigenvalue weighted by atomic mass is 35.5. The lowest BCUT2D eigenvalue weighted by Crippen LogP contribution is -2.42. The normalized spacial score (nSPS) is 23.1. The number of aliphatic hydroxyl groups excluding tert-OH is 1. The number of allylic oxidation sites excluding steroid dienone is 1. The van der Waals surface area contributed by atoms with Crippen molar-refractivity contribution in [3.63, 3.8) is 0 Å². The minimum absolute atomic E-state index is 0.0168. The molecule has 2 aromatic rings. The summed E-state index contributed by atoms with van der Waals surface area (Å²) in [5.41, 5.74) is 0.854. The van der Waals surface area contributed by atoms with Crippen LogP contribution in [0.3, 0.4) is 0 Å². The fourth-order valence-electron chi connectivity index (χ4n) is 4.45. The zero-order valence-electron chi connectivity index (χ0n) is 18.4. The van der Waals surface area contributed by atoms with Crippen molar-refractivity contribution in [3.05, 3.63) is 62.5 Å². The van der Waals surface area contributed by atoms with Crippen LogP contribution in [0.4, 0.5) is 4.39 Å². The number of rotatable bonds is 8. The zero-order chi connectivity index (χ0) is 25.2. The molecule has 4 N–H and O–H groups in total. The number of amidine groups is 1. The van der Waals surface area contributed by atoms with E-state index in [0.717, 1.165) is 6.07 Å². The third kappa shape index (κ3) is 5.89. The molecule has 9 nitrogen and oxygen atoms in total. The molecule has 1 atom stereocenters. The number of sulfonamides is 1. The number of hydrogen-bond donors (Lipinski definition) is 4. The molecule has 13 heteroatoms. The Balaban J connectivity index is 1.68. The van der Waals surface area contributed by atoms with Gasteiger partial charge in [0.1, 0.15) is 11.9 Å². The molecule has 0 saturated heterocycles. The van der Waals surface area contributed by atoms with E-state index in [9.17, 15) is 22.7 Å². The molecule has 0 bridgehead atoms. The highest BCUT2D eigenvalue weighted by Crippen LogP contribution is 2.40. The summed E-state index contributed by atoms with van der Waals surface area (Å²) in [6.45, 7) is -0.463. The molecule has 1 aliphatic carbocycles. The van der Waals surface area contributed by atoms with E-state index >= 15 is 0 Å². The Morgan fingerprint density at radius 3 is 2.63 bits per heavy atom. The molecule has 35 heavy (non-hydrogen) atoms. The van der Waals surface area contributed by atoms with Gasteiger partial charge in [-0.1, -0.05) is 17.7 Å². The predicted molar refractivity (Wildman–Crippen MR) is 130 cm³/mol. The number of hydrogen-bond acceptors (Lipinski definition) is 8. The number of carboxylic acids is 1. The van der Waals surface area contributed by atoms with Crippen LogP contribution in [0.5, 0.6) is 0 Å². The largest absolute Gasteiger partial charge is 0.478 e. The van der Waals surface area contributed by atoms with Crippen molar-refractivity contribution in [1.82, 2.24) is 15.0 Å². The summed E-state index contributed by atoms with van der Waals surface area (Å²) in [4.78, 5) is 21.4. The van der Waals surface area contributed by atoms with Gasteiger partial charge in [-0.15, -0.1) is 11.3 Å². The van der Waals surface area contributed by atoms with Crippen molar-refractivity contribution in [3.8, 4) is 0 Å². The summed E-state index contributed by atoms with van der Waals surface area (Å²) in [6.07, 6.45) is 3.67. The van der Waals surface area contributed by atoms with E-state index in [0.29, 0.717) is 47.8 Å². The van der Waals surface area contributed by atoms with E-state index in [1.165, 1.54) is 23.5 Å². The molecule has 0 radical (unpaired) electrons. The molecule has 188 valence electrons. The number of carboxylic acid groups (broad SMARTS) is 1. The van der Waals surface area contributed by atoms with Crippen molar-refractivity contribution in [1.29, 1.82) is 0 Å². The molecule has 4 rings (SSSR count). The smallest absolute Gasteiger partial charge is 0.335 e. The van der Waals surface area contributed by atoms with Gasteiger partial charge in [0.25, 0.3) is 0 Å². The number of thiazole rings is 1. The Hall–Kier alpha value is -2.38. The number of aliphatic hydroxyl groups is 1. The van der Waals surface area contributed by atoms with Crippen LogP contribution in [0.1, 0.15) is 42.3 Å². The Morgan fingerprint density at radius 1 is 1.29 bits per heavy atom. The Kier molecular flexibility index (Phi) is 7.86. The van der Waals surface area contributed by atoms with Gasteiger partial charge >= 0.3 is 5.97 Å². The molecule has 1 saturated carbocycles. The maximum atomic E-state index is 13.7. The summed E-state index contributed by atoms with van der Waals surface area (Å²) in [6, 6.07) is 2.50. The van der Waals surface area contributed by atoms with Gasteiger partial charge in [0.15, 0.2) is 10.8 Å². The first-order valence-corrected chi connectivity index (χ1v) is 13.9. The van der Waals surface area contributed by atoms with Crippen LogP contribution in [0.15, 0.2) is 46.0 Å². The van der Waals surface area contributed by atoms with E-state index in [1.807, 2.05) is 0 Å². The van der Waals surface area contributed by atoms with Gasteiger partial charge in [0.05, 0.1) is 17.9 Å². The molecule has 2 heterocycles. The van der Waals surface area contributed by atoms with E-state index < -0.39 is 34.5 Å². The molecular weight excluding hydrogens is 519 g/mol. The maximum Gasteiger partial charge on any atom is 0.335 e. The number of aliphatic carboxylic acids is 1. The van der Waals surface area contributed by atoms with E-state index in [-0.39, 0.29) is 28.3 Å². The second-order valence-corrected chi connectivity index (χ2v) is 11.5. The summed E-state index contributed by atoms with van der Waals surface area (Å²) in [7, 11) is -3.58. The molecule has 1 aromatic carbocycles. The first-order chi connectivity index (χ1) is 16.7. The standard InChI is InChI=1S/C22H24ClFN4O5S2/c23-16-11-13(24)3-6-15(16)19-17(22(30)31)18(26-20(27-19)21-25-7-9-34-21)12-1-4-14(5-2-12)28-35(32,33)10-8-29/h3,6-7,9,11-12,14,19,28-29H,1-2,4-5,8,10H2,(H,26,27)(H,30,31). The van der Waals surface area contributed by atoms with Gasteiger partial charge in [-0.25, -0.2) is 27.3 Å². The number of aromatic nitrogens is 1. The molecule has 1 fully saturated rings. The third-order valence-corrected chi connectivity index (χ3v) is 8.56. The third-order valence-electron chi connectivity index (χ3n) is 6.04. The van der Waals surface area contributed by atoms with Crippen LogP contribution in [0, 0.1) is 11.7 Å². The highest BCUT2D eigenvalue weighted by Gasteiger charge is 2.37. The van der Waals surface area contributed by atoms with Crippen LogP contribution >= 0.6 is 22.9 Å². The van der Waals surface area contributed by atoms with Crippen molar-refractivity contribution in [2.45, 2.75) is 37.8 Å². The van der Waals surface area contributed by atoms with Gasteiger partial charge in [0, 0.05) is 33.9 Å². The Morgan fingerprint density at radius 2 is 2.03 bits per heavy atom. The van der Waals surface area contributed by atoms with Crippen LogP contribution in [0.2, 0.25) is 5.02 Å². The van der Waals surface area contributed by atoms with Gasteiger partial charge < -0.3 is 15.5 Å². The minimum Gasteiger partial charge on any atom is -0.478 e. The average Bonchev–Trinajstić information content (AvgIpc) is 3.33. The fraction of sp³-hybridized carbons (Fsp3) is 0.409. The maximum absolute atomic E-state index is 13.7. The lowest BCUT2D eigenvalue weighted by molar-refractivity contribution is -0.133. The van der Waals surface area contributed by atoms with Crippen molar-refractivity contribution >= 4 is 44.8 Å². The van der Waals surface area contributed by atoms with Crippen LogP contribution in [0.25, 0.3) is 0 Å². The minimum atomic E-state index is -3.58. The highest BCUT2D eigenvalue weighted by molar-refractivity contribution is 7.89. The fourth-order valence-corrected chi connectivity index (χ4v) is 6.41. The van der Waals surface area contributed by atoms with Crippen molar-refractivity contribution in [2.75, 3.05) is 12.4 Å². The molecule has 2 aliphatic rings. The second-order valence-electron chi connectivity index (χ2n) is 8.35. The monoisotopic (exact) mass is 542 g/mol. The molecule has 1 aliphatic heterocycles. The molecule has 1 unspecified atom stereocenters. The topological polar surface area (TPSA) is 141 Å². The Bertz CT molecular complexity index is 1260. The van der Waals surface area contributed by atoms with E-state index in [1.54, 1.807) is 11.6 Å². The number of benzene rings is 1. The number of nitrogens with one attached hydrogen (secondary N) is 2. The summed E-state index contributed by atoms with van der Waals surface area (Å²) in [5.74, 6) is -1.88. The van der Waals surface area contributed by atoms with Crippen LogP contribution < -0.4 is 10.0 Å².